The van der Waals surface area contributed by atoms with Crippen LogP contribution in [0, 0.1) is 0 Å². The lowest BCUT2D eigenvalue weighted by Crippen LogP contribution is -2.30. The van der Waals surface area contributed by atoms with Gasteiger partial charge in [0.25, 0.3) is 0 Å². The normalized spacial score (nSPS) is 10.1. The van der Waals surface area contributed by atoms with Crippen molar-refractivity contribution in [2.45, 2.75) is 33.1 Å². The third-order valence-electron chi connectivity index (χ3n) is 2.50. The summed E-state index contributed by atoms with van der Waals surface area (Å²) in [5, 5.41) is 9.38. The molecule has 0 heterocycles. The number of phenols is 1. The quantitative estimate of drug-likeness (QED) is 0.830. The molecule has 1 N–H and O–H groups in total. The first kappa shape index (κ1) is 12.6. The maximum atomic E-state index is 11.9. The van der Waals surface area contributed by atoms with Crippen molar-refractivity contribution < 1.29 is 9.90 Å². The number of benzene rings is 1. The maximum absolute atomic E-state index is 11.9. The molecule has 0 saturated heterocycles. The van der Waals surface area contributed by atoms with Gasteiger partial charge in [0, 0.05) is 24.7 Å². The Kier molecular flexibility index (Phi) is 4.83. The van der Waals surface area contributed by atoms with Crippen molar-refractivity contribution in [1.82, 2.24) is 0 Å². The minimum Gasteiger partial charge on any atom is -0.508 e. The highest BCUT2D eigenvalue weighted by Gasteiger charge is 2.13. The van der Waals surface area contributed by atoms with E-state index in [0.717, 1.165) is 18.5 Å². The molecule has 0 spiro atoms. The Balaban J connectivity index is 2.77. The largest absolute Gasteiger partial charge is 0.508 e. The summed E-state index contributed by atoms with van der Waals surface area (Å²) < 4.78 is 0. The molecule has 0 unspecified atom stereocenters. The maximum Gasteiger partial charge on any atom is 0.226 e. The van der Waals surface area contributed by atoms with Gasteiger partial charge in [-0.2, -0.15) is 0 Å². The van der Waals surface area contributed by atoms with E-state index in [1.807, 2.05) is 13.0 Å². The van der Waals surface area contributed by atoms with Crippen LogP contribution in [0.1, 0.15) is 33.1 Å². The van der Waals surface area contributed by atoms with E-state index in [9.17, 15) is 9.90 Å². The Morgan fingerprint density at radius 1 is 1.38 bits per heavy atom. The Bertz CT molecular complexity index is 350. The first-order chi connectivity index (χ1) is 7.69. The fourth-order valence-electron chi connectivity index (χ4n) is 1.63. The topological polar surface area (TPSA) is 40.5 Å². The highest BCUT2D eigenvalue weighted by Crippen LogP contribution is 2.20. The summed E-state index contributed by atoms with van der Waals surface area (Å²) >= 11 is 0. The number of hydrogen-bond acceptors (Lipinski definition) is 2. The zero-order chi connectivity index (χ0) is 12.0. The minimum absolute atomic E-state index is 0.120. The van der Waals surface area contributed by atoms with Crippen molar-refractivity contribution >= 4 is 11.6 Å². The SMILES string of the molecule is CCCCC(=O)N(CC)c1cccc(O)c1. The van der Waals surface area contributed by atoms with Gasteiger partial charge in [-0.15, -0.1) is 0 Å². The first-order valence-corrected chi connectivity index (χ1v) is 5.78. The van der Waals surface area contributed by atoms with Crippen LogP contribution in [0.2, 0.25) is 0 Å². The summed E-state index contributed by atoms with van der Waals surface area (Å²) in [5.74, 6) is 0.314. The van der Waals surface area contributed by atoms with E-state index < -0.39 is 0 Å². The summed E-state index contributed by atoms with van der Waals surface area (Å²) in [7, 11) is 0. The molecule has 0 fully saturated rings. The molecule has 1 aromatic rings. The number of amides is 1. The standard InChI is InChI=1S/C13H19NO2/c1-3-5-9-13(16)14(4-2)11-7-6-8-12(15)10-11/h6-8,10,15H,3-5,9H2,1-2H3. The number of nitrogens with zero attached hydrogens (tertiary/aromatic N) is 1. The molecule has 1 rings (SSSR count). The third-order valence-corrected chi connectivity index (χ3v) is 2.50. The van der Waals surface area contributed by atoms with Gasteiger partial charge in [-0.1, -0.05) is 19.4 Å². The van der Waals surface area contributed by atoms with Crippen molar-refractivity contribution in [2.75, 3.05) is 11.4 Å². The van der Waals surface area contributed by atoms with Gasteiger partial charge in [0.1, 0.15) is 5.75 Å². The van der Waals surface area contributed by atoms with Crippen LogP contribution in [0.3, 0.4) is 0 Å². The van der Waals surface area contributed by atoms with Crippen LogP contribution in [0.15, 0.2) is 24.3 Å². The van der Waals surface area contributed by atoms with Gasteiger partial charge in [0.05, 0.1) is 0 Å². The summed E-state index contributed by atoms with van der Waals surface area (Å²) in [6, 6.07) is 6.81. The second kappa shape index (κ2) is 6.16. The number of carbonyl (C=O) groups excluding carboxylic acids is 1. The zero-order valence-corrected chi connectivity index (χ0v) is 9.94. The van der Waals surface area contributed by atoms with E-state index in [0.29, 0.717) is 13.0 Å². The number of anilines is 1. The summed E-state index contributed by atoms with van der Waals surface area (Å²) in [6.45, 7) is 4.64. The molecule has 0 aliphatic carbocycles. The Labute approximate surface area is 96.7 Å². The molecule has 0 aromatic heterocycles. The molecule has 0 aliphatic rings. The molecule has 1 amide bonds. The third kappa shape index (κ3) is 3.26. The summed E-state index contributed by atoms with van der Waals surface area (Å²) in [4.78, 5) is 13.6. The molecule has 3 heteroatoms. The van der Waals surface area contributed by atoms with Gasteiger partial charge in [0.2, 0.25) is 5.91 Å². The molecule has 3 nitrogen and oxygen atoms in total. The van der Waals surface area contributed by atoms with E-state index >= 15 is 0 Å². The number of hydrogen-bond donors (Lipinski definition) is 1. The Hall–Kier alpha value is -1.51. The number of unbranched alkanes of at least 4 members (excludes halogenated alkanes) is 1. The predicted octanol–water partition coefficient (Wildman–Crippen LogP) is 2.94. The molecule has 0 radical (unpaired) electrons. The molecule has 1 aromatic carbocycles. The molecular formula is C13H19NO2. The molecule has 0 bridgehead atoms. The van der Waals surface area contributed by atoms with Crippen molar-refractivity contribution in [1.29, 1.82) is 0 Å². The second-order valence-corrected chi connectivity index (χ2v) is 3.76. The van der Waals surface area contributed by atoms with Gasteiger partial charge in [-0.3, -0.25) is 4.79 Å². The molecule has 0 saturated carbocycles. The molecular weight excluding hydrogens is 202 g/mol. The fraction of sp³-hybridized carbons (Fsp3) is 0.462. The number of rotatable bonds is 5. The van der Waals surface area contributed by atoms with Crippen LogP contribution in [0.5, 0.6) is 5.75 Å². The molecule has 16 heavy (non-hydrogen) atoms. The van der Waals surface area contributed by atoms with Gasteiger partial charge >= 0.3 is 0 Å². The fourth-order valence-corrected chi connectivity index (χ4v) is 1.63. The average Bonchev–Trinajstić information content (AvgIpc) is 2.27. The predicted molar refractivity (Wildman–Crippen MR) is 65.7 cm³/mol. The van der Waals surface area contributed by atoms with Crippen LogP contribution in [0.25, 0.3) is 0 Å². The van der Waals surface area contributed by atoms with Crippen molar-refractivity contribution in [3.63, 3.8) is 0 Å². The summed E-state index contributed by atoms with van der Waals surface area (Å²) in [6.07, 6.45) is 2.50. The van der Waals surface area contributed by atoms with Crippen LogP contribution >= 0.6 is 0 Å². The number of aromatic hydroxyl groups is 1. The van der Waals surface area contributed by atoms with E-state index in [1.165, 1.54) is 0 Å². The van der Waals surface area contributed by atoms with Crippen LogP contribution < -0.4 is 4.90 Å². The van der Waals surface area contributed by atoms with E-state index in [1.54, 1.807) is 23.1 Å². The highest BCUT2D eigenvalue weighted by molar-refractivity contribution is 5.93. The van der Waals surface area contributed by atoms with E-state index in [4.69, 9.17) is 0 Å². The van der Waals surface area contributed by atoms with E-state index in [2.05, 4.69) is 6.92 Å². The lowest BCUT2D eigenvalue weighted by molar-refractivity contribution is -0.118. The molecule has 88 valence electrons. The van der Waals surface area contributed by atoms with Crippen molar-refractivity contribution in [3.05, 3.63) is 24.3 Å². The first-order valence-electron chi connectivity index (χ1n) is 5.78. The summed E-state index contributed by atoms with van der Waals surface area (Å²) in [5.41, 5.74) is 0.767. The minimum atomic E-state index is 0.120. The number of carbonyl (C=O) groups is 1. The zero-order valence-electron chi connectivity index (χ0n) is 9.94. The Morgan fingerprint density at radius 2 is 2.12 bits per heavy atom. The Morgan fingerprint density at radius 3 is 2.69 bits per heavy atom. The van der Waals surface area contributed by atoms with Crippen LogP contribution in [0.4, 0.5) is 5.69 Å². The average molecular weight is 221 g/mol. The van der Waals surface area contributed by atoms with Crippen LogP contribution in [-0.4, -0.2) is 17.6 Å². The second-order valence-electron chi connectivity index (χ2n) is 3.76. The van der Waals surface area contributed by atoms with Gasteiger partial charge in [-0.05, 0) is 25.5 Å². The van der Waals surface area contributed by atoms with Gasteiger partial charge in [-0.25, -0.2) is 0 Å². The lowest BCUT2D eigenvalue weighted by atomic mass is 10.2. The van der Waals surface area contributed by atoms with Crippen LogP contribution in [-0.2, 0) is 4.79 Å². The number of phenolic OH excluding ortho intramolecular Hbond substituents is 1. The van der Waals surface area contributed by atoms with Crippen molar-refractivity contribution in [2.24, 2.45) is 0 Å². The molecule has 0 atom stereocenters. The van der Waals surface area contributed by atoms with Gasteiger partial charge < -0.3 is 10.0 Å². The molecule has 0 aliphatic heterocycles. The van der Waals surface area contributed by atoms with Gasteiger partial charge in [0.15, 0.2) is 0 Å². The lowest BCUT2D eigenvalue weighted by Gasteiger charge is -2.21. The monoisotopic (exact) mass is 221 g/mol. The van der Waals surface area contributed by atoms with Crippen molar-refractivity contribution in [3.8, 4) is 5.75 Å². The van der Waals surface area contributed by atoms with E-state index in [-0.39, 0.29) is 11.7 Å². The smallest absolute Gasteiger partial charge is 0.226 e. The highest BCUT2D eigenvalue weighted by atomic mass is 16.3.